The predicted octanol–water partition coefficient (Wildman–Crippen LogP) is 1.05. The monoisotopic (exact) mass is 300 g/mol. The van der Waals surface area contributed by atoms with Crippen molar-refractivity contribution in [2.24, 2.45) is 5.14 Å². The second kappa shape index (κ2) is 6.83. The van der Waals surface area contributed by atoms with Gasteiger partial charge in [-0.2, -0.15) is 0 Å². The van der Waals surface area contributed by atoms with Crippen molar-refractivity contribution in [2.75, 3.05) is 11.9 Å². The molecule has 0 aliphatic carbocycles. The zero-order chi connectivity index (χ0) is 15.3. The van der Waals surface area contributed by atoms with Crippen molar-refractivity contribution in [2.45, 2.75) is 38.0 Å². The molecule has 0 radical (unpaired) electrons. The van der Waals surface area contributed by atoms with E-state index >= 15 is 0 Å². The second-order valence-electron chi connectivity index (χ2n) is 4.69. The van der Waals surface area contributed by atoms with E-state index < -0.39 is 10.0 Å². The Morgan fingerprint density at radius 1 is 1.30 bits per heavy atom. The van der Waals surface area contributed by atoms with E-state index in [1.807, 2.05) is 0 Å². The molecule has 20 heavy (non-hydrogen) atoms. The number of primary sulfonamides is 1. The summed E-state index contributed by atoms with van der Waals surface area (Å²) < 4.78 is 22.8. The highest BCUT2D eigenvalue weighted by atomic mass is 32.2. The molecule has 0 aromatic heterocycles. The number of carbonyl (C=O) groups excluding carboxylic acids is 1. The van der Waals surface area contributed by atoms with E-state index in [4.69, 9.17) is 10.2 Å². The molecule has 1 aromatic rings. The number of aliphatic hydroxyl groups is 1. The molecule has 0 aliphatic rings. The Hall–Kier alpha value is -1.44. The van der Waals surface area contributed by atoms with Crippen molar-refractivity contribution in [1.82, 2.24) is 0 Å². The minimum absolute atomic E-state index is 0.0220. The average Bonchev–Trinajstić information content (AvgIpc) is 2.33. The highest BCUT2D eigenvalue weighted by Crippen LogP contribution is 2.23. The molecule has 0 saturated heterocycles. The SMILES string of the molecule is Cc1cc(S(N)(=O)=O)cc(NC(=O)CCCCO)c1C. The van der Waals surface area contributed by atoms with Crippen molar-refractivity contribution < 1.29 is 18.3 Å². The lowest BCUT2D eigenvalue weighted by Gasteiger charge is -2.12. The van der Waals surface area contributed by atoms with Crippen molar-refractivity contribution in [3.63, 3.8) is 0 Å². The average molecular weight is 300 g/mol. The van der Waals surface area contributed by atoms with Crippen LogP contribution in [0.15, 0.2) is 17.0 Å². The van der Waals surface area contributed by atoms with E-state index in [1.54, 1.807) is 13.8 Å². The topological polar surface area (TPSA) is 109 Å². The van der Waals surface area contributed by atoms with Gasteiger partial charge in [-0.05, 0) is 49.9 Å². The van der Waals surface area contributed by atoms with Crippen molar-refractivity contribution in [1.29, 1.82) is 0 Å². The van der Waals surface area contributed by atoms with Crippen LogP contribution >= 0.6 is 0 Å². The lowest BCUT2D eigenvalue weighted by molar-refractivity contribution is -0.116. The third-order valence-corrected chi connectivity index (χ3v) is 3.95. The van der Waals surface area contributed by atoms with Crippen LogP contribution in [0.1, 0.15) is 30.4 Å². The van der Waals surface area contributed by atoms with Gasteiger partial charge >= 0.3 is 0 Å². The van der Waals surface area contributed by atoms with Gasteiger partial charge in [-0.3, -0.25) is 4.79 Å². The van der Waals surface area contributed by atoms with Crippen LogP contribution in [0.2, 0.25) is 0 Å². The molecule has 1 aromatic carbocycles. The maximum absolute atomic E-state index is 11.7. The Morgan fingerprint density at radius 2 is 1.95 bits per heavy atom. The first-order chi connectivity index (χ1) is 9.25. The van der Waals surface area contributed by atoms with Crippen LogP contribution in [-0.4, -0.2) is 26.0 Å². The molecule has 0 fully saturated rings. The van der Waals surface area contributed by atoms with Crippen LogP contribution in [0, 0.1) is 13.8 Å². The smallest absolute Gasteiger partial charge is 0.238 e. The van der Waals surface area contributed by atoms with E-state index in [-0.39, 0.29) is 23.8 Å². The number of unbranched alkanes of at least 4 members (excludes halogenated alkanes) is 1. The Morgan fingerprint density at radius 3 is 2.50 bits per heavy atom. The first-order valence-electron chi connectivity index (χ1n) is 6.30. The molecule has 0 aliphatic heterocycles. The molecule has 112 valence electrons. The number of rotatable bonds is 6. The maximum Gasteiger partial charge on any atom is 0.238 e. The third kappa shape index (κ3) is 4.59. The molecule has 0 unspecified atom stereocenters. The second-order valence-corrected chi connectivity index (χ2v) is 6.25. The summed E-state index contributed by atoms with van der Waals surface area (Å²) >= 11 is 0. The van der Waals surface area contributed by atoms with Gasteiger partial charge in [0.2, 0.25) is 15.9 Å². The van der Waals surface area contributed by atoms with Crippen LogP contribution in [-0.2, 0) is 14.8 Å². The van der Waals surface area contributed by atoms with Crippen molar-refractivity contribution in [3.05, 3.63) is 23.3 Å². The number of anilines is 1. The summed E-state index contributed by atoms with van der Waals surface area (Å²) in [6.45, 7) is 3.60. The number of hydrogen-bond acceptors (Lipinski definition) is 4. The molecule has 0 spiro atoms. The molecule has 7 heteroatoms. The van der Waals surface area contributed by atoms with E-state index in [9.17, 15) is 13.2 Å². The van der Waals surface area contributed by atoms with Crippen molar-refractivity contribution >= 4 is 21.6 Å². The van der Waals surface area contributed by atoms with Gasteiger partial charge in [0.15, 0.2) is 0 Å². The Bertz CT molecular complexity index is 597. The molecular weight excluding hydrogens is 280 g/mol. The van der Waals surface area contributed by atoms with Crippen LogP contribution in [0.3, 0.4) is 0 Å². The number of nitrogens with one attached hydrogen (secondary N) is 1. The van der Waals surface area contributed by atoms with Crippen LogP contribution < -0.4 is 10.5 Å². The Balaban J connectivity index is 2.95. The van der Waals surface area contributed by atoms with Gasteiger partial charge in [0.1, 0.15) is 0 Å². The van der Waals surface area contributed by atoms with E-state index in [0.717, 1.165) is 11.1 Å². The standard InChI is InChI=1S/C13H20N2O4S/c1-9-7-11(20(14,18)19)8-12(10(9)2)15-13(17)5-3-4-6-16/h7-8,16H,3-6H2,1-2H3,(H,15,17)(H2,14,18,19). The van der Waals surface area contributed by atoms with Gasteiger partial charge in [-0.25, -0.2) is 13.6 Å². The molecule has 0 saturated carbocycles. The van der Waals surface area contributed by atoms with Gasteiger partial charge in [-0.15, -0.1) is 0 Å². The summed E-state index contributed by atoms with van der Waals surface area (Å²) in [6.07, 6.45) is 1.41. The first kappa shape index (κ1) is 16.6. The van der Waals surface area contributed by atoms with E-state index in [0.29, 0.717) is 18.5 Å². The summed E-state index contributed by atoms with van der Waals surface area (Å²) in [5, 5.41) is 16.5. The number of benzene rings is 1. The Labute approximate surface area is 119 Å². The van der Waals surface area contributed by atoms with Gasteiger partial charge in [0.05, 0.1) is 4.90 Å². The lowest BCUT2D eigenvalue weighted by atomic mass is 10.1. The summed E-state index contributed by atoms with van der Waals surface area (Å²) in [5.41, 5.74) is 1.98. The number of aliphatic hydroxyl groups excluding tert-OH is 1. The first-order valence-corrected chi connectivity index (χ1v) is 7.85. The fourth-order valence-corrected chi connectivity index (χ4v) is 2.35. The van der Waals surface area contributed by atoms with Crippen LogP contribution in [0.5, 0.6) is 0 Å². The maximum atomic E-state index is 11.7. The molecule has 4 N–H and O–H groups in total. The molecule has 0 bridgehead atoms. The van der Waals surface area contributed by atoms with Gasteiger partial charge in [-0.1, -0.05) is 0 Å². The fraction of sp³-hybridized carbons (Fsp3) is 0.462. The third-order valence-electron chi connectivity index (χ3n) is 3.06. The van der Waals surface area contributed by atoms with Crippen molar-refractivity contribution in [3.8, 4) is 0 Å². The zero-order valence-corrected chi connectivity index (χ0v) is 12.5. The van der Waals surface area contributed by atoms with Crippen LogP contribution in [0.25, 0.3) is 0 Å². The molecule has 6 nitrogen and oxygen atoms in total. The molecule has 0 atom stereocenters. The number of sulfonamides is 1. The molecular formula is C13H20N2O4S. The highest BCUT2D eigenvalue weighted by molar-refractivity contribution is 7.89. The summed E-state index contributed by atoms with van der Waals surface area (Å²) in [5.74, 6) is -0.215. The summed E-state index contributed by atoms with van der Waals surface area (Å²) in [7, 11) is -3.81. The normalized spacial score (nSPS) is 11.4. The minimum atomic E-state index is -3.81. The zero-order valence-electron chi connectivity index (χ0n) is 11.6. The van der Waals surface area contributed by atoms with Gasteiger partial charge in [0.25, 0.3) is 0 Å². The summed E-state index contributed by atoms with van der Waals surface area (Å²) in [6, 6.07) is 2.84. The number of aryl methyl sites for hydroxylation is 1. The molecule has 1 amide bonds. The minimum Gasteiger partial charge on any atom is -0.396 e. The largest absolute Gasteiger partial charge is 0.396 e. The fourth-order valence-electron chi connectivity index (χ4n) is 1.73. The predicted molar refractivity (Wildman–Crippen MR) is 76.9 cm³/mol. The number of amides is 1. The van der Waals surface area contributed by atoms with Gasteiger partial charge in [0, 0.05) is 18.7 Å². The number of carbonyl (C=O) groups is 1. The summed E-state index contributed by atoms with van der Waals surface area (Å²) in [4.78, 5) is 11.7. The van der Waals surface area contributed by atoms with E-state index in [1.165, 1.54) is 12.1 Å². The Kier molecular flexibility index (Phi) is 5.67. The molecule has 1 rings (SSSR count). The quantitative estimate of drug-likeness (QED) is 0.682. The molecule has 0 heterocycles. The van der Waals surface area contributed by atoms with E-state index in [2.05, 4.69) is 5.32 Å². The van der Waals surface area contributed by atoms with Crippen LogP contribution in [0.4, 0.5) is 5.69 Å². The van der Waals surface area contributed by atoms with Gasteiger partial charge < -0.3 is 10.4 Å². The number of nitrogens with two attached hydrogens (primary N) is 1. The lowest BCUT2D eigenvalue weighted by Crippen LogP contribution is -2.16. The highest BCUT2D eigenvalue weighted by Gasteiger charge is 2.14. The number of hydrogen-bond donors (Lipinski definition) is 3.